The fourth-order valence-electron chi connectivity index (χ4n) is 2.61. The highest BCUT2D eigenvalue weighted by atomic mass is 32.2. The van der Waals surface area contributed by atoms with Gasteiger partial charge in [-0.3, -0.25) is 10.8 Å². The number of rotatable bonds is 2. The average molecular weight is 321 g/mol. The van der Waals surface area contributed by atoms with E-state index in [-0.39, 0.29) is 0 Å². The fraction of sp³-hybridized carbons (Fsp3) is 0.118. The van der Waals surface area contributed by atoms with Crippen LogP contribution in [-0.2, 0) is 0 Å². The second kappa shape index (κ2) is 5.55. The van der Waals surface area contributed by atoms with Crippen molar-refractivity contribution in [3.05, 3.63) is 48.5 Å². The second-order valence-corrected chi connectivity index (χ2v) is 6.26. The molecule has 114 valence electrons. The van der Waals surface area contributed by atoms with Crippen LogP contribution in [-0.4, -0.2) is 33.7 Å². The highest BCUT2D eigenvalue weighted by molar-refractivity contribution is 8.15. The summed E-state index contributed by atoms with van der Waals surface area (Å²) >= 11 is 1.56. The molecule has 0 bridgehead atoms. The van der Waals surface area contributed by atoms with Gasteiger partial charge in [-0.25, -0.2) is 4.98 Å². The minimum atomic E-state index is 0.569. The molecule has 0 spiro atoms. The first-order chi connectivity index (χ1) is 11.2. The summed E-state index contributed by atoms with van der Waals surface area (Å²) in [7, 11) is 1.87. The third-order valence-electron chi connectivity index (χ3n) is 3.88. The Morgan fingerprint density at radius 2 is 1.70 bits per heavy atom. The van der Waals surface area contributed by atoms with Crippen LogP contribution in [0.25, 0.3) is 21.8 Å². The van der Waals surface area contributed by atoms with Gasteiger partial charge < -0.3 is 4.90 Å². The molecule has 4 rings (SSSR count). The first-order valence-electron chi connectivity index (χ1n) is 7.29. The van der Waals surface area contributed by atoms with E-state index in [1.165, 1.54) is 0 Å². The van der Waals surface area contributed by atoms with Crippen LogP contribution in [0.2, 0.25) is 0 Å². The van der Waals surface area contributed by atoms with Gasteiger partial charge in [-0.2, -0.15) is 0 Å². The van der Waals surface area contributed by atoms with Crippen molar-refractivity contribution in [3.63, 3.8) is 0 Å². The van der Waals surface area contributed by atoms with Crippen LogP contribution in [0.3, 0.4) is 0 Å². The van der Waals surface area contributed by atoms with Gasteiger partial charge in [0.1, 0.15) is 5.84 Å². The van der Waals surface area contributed by atoms with Crippen molar-refractivity contribution in [2.75, 3.05) is 18.2 Å². The van der Waals surface area contributed by atoms with Crippen molar-refractivity contribution in [1.82, 2.24) is 9.88 Å². The summed E-state index contributed by atoms with van der Waals surface area (Å²) in [4.78, 5) is 6.50. The van der Waals surface area contributed by atoms with Gasteiger partial charge >= 0.3 is 0 Å². The van der Waals surface area contributed by atoms with Gasteiger partial charge in [0.2, 0.25) is 0 Å². The van der Waals surface area contributed by atoms with Crippen LogP contribution in [0.4, 0.5) is 5.69 Å². The molecule has 0 radical (unpaired) electrons. The molecule has 1 aliphatic rings. The van der Waals surface area contributed by atoms with Crippen LogP contribution in [0.1, 0.15) is 0 Å². The summed E-state index contributed by atoms with van der Waals surface area (Å²) in [6, 6.07) is 16.1. The molecule has 5 nitrogen and oxygen atoms in total. The van der Waals surface area contributed by atoms with Crippen molar-refractivity contribution in [3.8, 4) is 0 Å². The fourth-order valence-corrected chi connectivity index (χ4v) is 3.49. The molecule has 0 saturated carbocycles. The van der Waals surface area contributed by atoms with E-state index in [1.807, 2.05) is 55.6 Å². The number of para-hydroxylation sites is 2. The van der Waals surface area contributed by atoms with E-state index in [0.29, 0.717) is 11.6 Å². The number of thioether (sulfide) groups is 1. The highest BCUT2D eigenvalue weighted by Crippen LogP contribution is 2.31. The Balaban J connectivity index is 1.86. The van der Waals surface area contributed by atoms with Gasteiger partial charge in [-0.15, -0.1) is 5.10 Å². The Morgan fingerprint density at radius 1 is 1.09 bits per heavy atom. The number of nitrogens with one attached hydrogen (secondary N) is 2. The zero-order valence-corrected chi connectivity index (χ0v) is 13.4. The van der Waals surface area contributed by atoms with Crippen LogP contribution >= 0.6 is 11.8 Å². The van der Waals surface area contributed by atoms with Crippen molar-refractivity contribution in [2.45, 2.75) is 0 Å². The predicted molar refractivity (Wildman–Crippen MR) is 98.3 cm³/mol. The maximum absolute atomic E-state index is 7.82. The number of pyridine rings is 1. The quantitative estimate of drug-likeness (QED) is 0.557. The maximum atomic E-state index is 7.82. The molecule has 1 fully saturated rings. The zero-order valence-electron chi connectivity index (χ0n) is 12.6. The van der Waals surface area contributed by atoms with Crippen LogP contribution in [0, 0.1) is 5.41 Å². The molecule has 3 aromatic rings. The van der Waals surface area contributed by atoms with Gasteiger partial charge in [-0.1, -0.05) is 48.2 Å². The van der Waals surface area contributed by atoms with E-state index in [2.05, 4.69) is 10.5 Å². The summed E-state index contributed by atoms with van der Waals surface area (Å²) in [6.45, 7) is 0. The second-order valence-electron chi connectivity index (χ2n) is 5.32. The van der Waals surface area contributed by atoms with E-state index < -0.39 is 0 Å². The molecule has 0 amide bonds. The summed E-state index contributed by atoms with van der Waals surface area (Å²) in [6.07, 6.45) is 0. The van der Waals surface area contributed by atoms with Crippen molar-refractivity contribution in [2.24, 2.45) is 5.10 Å². The molecule has 23 heavy (non-hydrogen) atoms. The van der Waals surface area contributed by atoms with E-state index in [1.54, 1.807) is 16.7 Å². The highest BCUT2D eigenvalue weighted by Gasteiger charge is 2.21. The third-order valence-corrected chi connectivity index (χ3v) is 4.92. The zero-order chi connectivity index (χ0) is 15.8. The molecular formula is C17H15N5S. The number of hydrogen-bond donors (Lipinski definition) is 2. The lowest BCUT2D eigenvalue weighted by Crippen LogP contribution is -2.24. The first kappa shape index (κ1) is 14.0. The number of aromatic nitrogens is 1. The van der Waals surface area contributed by atoms with Crippen LogP contribution in [0.5, 0.6) is 0 Å². The van der Waals surface area contributed by atoms with Crippen molar-refractivity contribution >= 4 is 50.3 Å². The molecule has 1 aromatic heterocycles. The number of fused-ring (bicyclic) bond motifs is 2. The summed E-state index contributed by atoms with van der Waals surface area (Å²) in [5, 5.41) is 15.2. The number of hydrazone groups is 1. The molecule has 6 heteroatoms. The van der Waals surface area contributed by atoms with Gasteiger partial charge in [-0.05, 0) is 12.1 Å². The van der Waals surface area contributed by atoms with Gasteiger partial charge in [0.15, 0.2) is 5.17 Å². The van der Waals surface area contributed by atoms with E-state index in [4.69, 9.17) is 10.4 Å². The Hall–Kier alpha value is -2.60. The lowest BCUT2D eigenvalue weighted by atomic mass is 10.1. The standard InChI is InChI=1S/C17H15N5S/c1-22-15(18)10-23-17(22)21-20-16-11-6-2-4-8-13(11)19-14-9-5-3-7-12(14)16/h2-9,18H,10H2,1H3,(H,19,20)/b18-15?,21-17-. The lowest BCUT2D eigenvalue weighted by Gasteiger charge is -2.13. The number of benzene rings is 2. The number of amidine groups is 2. The van der Waals surface area contributed by atoms with E-state index >= 15 is 0 Å². The number of hydrogen-bond acceptors (Lipinski definition) is 5. The maximum Gasteiger partial charge on any atom is 0.188 e. The minimum Gasteiger partial charge on any atom is -0.311 e. The molecule has 1 saturated heterocycles. The lowest BCUT2D eigenvalue weighted by molar-refractivity contribution is 0.764. The number of nitrogens with zero attached hydrogens (tertiary/aromatic N) is 3. The Bertz CT molecular complexity index is 896. The minimum absolute atomic E-state index is 0.569. The molecule has 2 aromatic carbocycles. The van der Waals surface area contributed by atoms with E-state index in [0.717, 1.165) is 32.7 Å². The van der Waals surface area contributed by atoms with Crippen molar-refractivity contribution in [1.29, 1.82) is 5.41 Å². The Labute approximate surface area is 137 Å². The topological polar surface area (TPSA) is 64.4 Å². The third kappa shape index (κ3) is 2.41. The predicted octanol–water partition coefficient (Wildman–Crippen LogP) is 3.73. The molecule has 2 heterocycles. The van der Waals surface area contributed by atoms with Crippen LogP contribution in [0.15, 0.2) is 53.6 Å². The Kier molecular flexibility index (Phi) is 3.38. The summed E-state index contributed by atoms with van der Waals surface area (Å²) in [5.74, 6) is 1.23. The Morgan fingerprint density at radius 3 is 2.26 bits per heavy atom. The molecule has 0 unspecified atom stereocenters. The van der Waals surface area contributed by atoms with Crippen molar-refractivity contribution < 1.29 is 0 Å². The van der Waals surface area contributed by atoms with Gasteiger partial charge in [0.25, 0.3) is 0 Å². The molecule has 0 atom stereocenters. The SMILES string of the molecule is CN1C(=N)CS/C1=N\Nc1c2ccccc2nc2ccccc12. The molecular weight excluding hydrogens is 306 g/mol. The molecule has 2 N–H and O–H groups in total. The van der Waals surface area contributed by atoms with Gasteiger partial charge in [0, 0.05) is 17.8 Å². The van der Waals surface area contributed by atoms with Gasteiger partial charge in [0.05, 0.1) is 22.5 Å². The number of anilines is 1. The normalized spacial score (nSPS) is 16.7. The average Bonchev–Trinajstić information content (AvgIpc) is 2.90. The first-order valence-corrected chi connectivity index (χ1v) is 8.28. The van der Waals surface area contributed by atoms with Crippen LogP contribution < -0.4 is 5.43 Å². The summed E-state index contributed by atoms with van der Waals surface area (Å²) in [5.41, 5.74) is 6.04. The van der Waals surface area contributed by atoms with E-state index in [9.17, 15) is 0 Å². The smallest absolute Gasteiger partial charge is 0.188 e. The molecule has 1 aliphatic heterocycles. The molecule has 0 aliphatic carbocycles. The summed E-state index contributed by atoms with van der Waals surface area (Å²) < 4.78 is 0. The monoisotopic (exact) mass is 321 g/mol. The largest absolute Gasteiger partial charge is 0.311 e.